The minimum Gasteiger partial charge on any atom is -0.370 e. The van der Waals surface area contributed by atoms with Crippen LogP contribution in [0.15, 0.2) is 11.4 Å². The summed E-state index contributed by atoms with van der Waals surface area (Å²) in [5, 5.41) is 6.33. The Kier molecular flexibility index (Phi) is 4.10. The van der Waals surface area contributed by atoms with Gasteiger partial charge in [0.2, 0.25) is 0 Å². The first-order chi connectivity index (χ1) is 10.1. The number of hydrogen-bond donors (Lipinski definition) is 1. The van der Waals surface area contributed by atoms with E-state index in [1.54, 1.807) is 11.3 Å². The van der Waals surface area contributed by atoms with E-state index in [-0.39, 0.29) is 11.5 Å². The first kappa shape index (κ1) is 14.7. The van der Waals surface area contributed by atoms with Gasteiger partial charge in [0.05, 0.1) is 23.4 Å². The molecule has 0 unspecified atom stereocenters. The molecule has 0 atom stereocenters. The Balaban J connectivity index is 1.80. The normalized spacial score (nSPS) is 18.9. The fourth-order valence-corrected chi connectivity index (χ4v) is 4.44. The van der Waals surface area contributed by atoms with Gasteiger partial charge in [-0.3, -0.25) is 4.90 Å². The van der Waals surface area contributed by atoms with Crippen LogP contribution in [0.25, 0.3) is 10.2 Å². The van der Waals surface area contributed by atoms with E-state index in [4.69, 9.17) is 0 Å². The Hall–Kier alpha value is -1.25. The predicted molar refractivity (Wildman–Crippen MR) is 85.5 cm³/mol. The fraction of sp³-hybridized carbons (Fsp3) is 0.538. The highest BCUT2D eigenvalue weighted by Crippen LogP contribution is 2.25. The minimum absolute atomic E-state index is 0.230. The van der Waals surface area contributed by atoms with Crippen molar-refractivity contribution in [1.82, 2.24) is 14.9 Å². The summed E-state index contributed by atoms with van der Waals surface area (Å²) in [6, 6.07) is 2.02. The molecule has 0 saturated carbocycles. The molecule has 0 bridgehead atoms. The van der Waals surface area contributed by atoms with Crippen LogP contribution < -0.4 is 5.32 Å². The van der Waals surface area contributed by atoms with Crippen LogP contribution in [0.1, 0.15) is 12.7 Å². The lowest BCUT2D eigenvalue weighted by atomic mass is 10.3. The number of hydrogen-bond acceptors (Lipinski definition) is 7. The van der Waals surface area contributed by atoms with Gasteiger partial charge in [0.15, 0.2) is 9.84 Å². The first-order valence-corrected chi connectivity index (χ1v) is 9.68. The van der Waals surface area contributed by atoms with Crippen LogP contribution in [0, 0.1) is 0 Å². The highest BCUT2D eigenvalue weighted by Gasteiger charge is 2.22. The molecule has 3 rings (SSSR count). The predicted octanol–water partition coefficient (Wildman–Crippen LogP) is 1.35. The van der Waals surface area contributed by atoms with E-state index in [0.29, 0.717) is 19.6 Å². The zero-order chi connectivity index (χ0) is 14.9. The lowest BCUT2D eigenvalue weighted by molar-refractivity contribution is 0.281. The molecule has 2 aromatic rings. The summed E-state index contributed by atoms with van der Waals surface area (Å²) in [5.74, 6) is 2.08. The van der Waals surface area contributed by atoms with Crippen LogP contribution in [0.5, 0.6) is 0 Å². The second-order valence-corrected chi connectivity index (χ2v) is 8.28. The molecular weight excluding hydrogens is 308 g/mol. The Morgan fingerprint density at radius 2 is 2.10 bits per heavy atom. The molecule has 1 aliphatic heterocycles. The Morgan fingerprint density at radius 3 is 2.81 bits per heavy atom. The van der Waals surface area contributed by atoms with Crippen molar-refractivity contribution in [2.45, 2.75) is 13.5 Å². The number of nitrogens with one attached hydrogen (secondary N) is 1. The molecule has 1 fully saturated rings. The quantitative estimate of drug-likeness (QED) is 0.914. The highest BCUT2D eigenvalue weighted by atomic mass is 32.2. The van der Waals surface area contributed by atoms with E-state index in [9.17, 15) is 8.42 Å². The third kappa shape index (κ3) is 3.33. The molecule has 0 aliphatic carbocycles. The minimum atomic E-state index is -2.84. The van der Waals surface area contributed by atoms with Gasteiger partial charge in [-0.05, 0) is 18.4 Å². The van der Waals surface area contributed by atoms with Gasteiger partial charge in [0.1, 0.15) is 16.5 Å². The summed E-state index contributed by atoms with van der Waals surface area (Å²) in [6.45, 7) is 4.57. The largest absolute Gasteiger partial charge is 0.370 e. The molecule has 114 valence electrons. The maximum absolute atomic E-state index is 11.5. The number of aromatic nitrogens is 2. The van der Waals surface area contributed by atoms with E-state index >= 15 is 0 Å². The van der Waals surface area contributed by atoms with E-state index < -0.39 is 9.84 Å². The van der Waals surface area contributed by atoms with Gasteiger partial charge in [-0.15, -0.1) is 11.3 Å². The van der Waals surface area contributed by atoms with Gasteiger partial charge >= 0.3 is 0 Å². The van der Waals surface area contributed by atoms with Gasteiger partial charge in [0.25, 0.3) is 0 Å². The maximum atomic E-state index is 11.5. The fourth-order valence-electron chi connectivity index (χ4n) is 2.38. The average Bonchev–Trinajstić information content (AvgIpc) is 2.90. The van der Waals surface area contributed by atoms with Gasteiger partial charge in [-0.25, -0.2) is 18.4 Å². The molecule has 1 aliphatic rings. The number of nitrogens with zero attached hydrogens (tertiary/aromatic N) is 3. The van der Waals surface area contributed by atoms with Crippen LogP contribution >= 0.6 is 11.3 Å². The molecule has 6 nitrogen and oxygen atoms in total. The van der Waals surface area contributed by atoms with Crippen molar-refractivity contribution in [3.05, 3.63) is 17.3 Å². The standard InChI is InChI=1S/C13H18N4O2S2/c1-2-14-12-10-3-6-20-13(10)16-11(15-12)9-17-4-7-21(18,19)8-5-17/h3,6H,2,4-5,7-9H2,1H3,(H,14,15,16). The molecule has 1 N–H and O–H groups in total. The zero-order valence-corrected chi connectivity index (χ0v) is 13.5. The van der Waals surface area contributed by atoms with Crippen molar-refractivity contribution < 1.29 is 8.42 Å². The summed E-state index contributed by atoms with van der Waals surface area (Å²) >= 11 is 1.60. The molecule has 1 saturated heterocycles. The van der Waals surface area contributed by atoms with Gasteiger partial charge in [-0.1, -0.05) is 0 Å². The van der Waals surface area contributed by atoms with Crippen LogP contribution in [-0.2, 0) is 16.4 Å². The Labute approximate surface area is 128 Å². The molecule has 3 heterocycles. The van der Waals surface area contributed by atoms with Crippen molar-refractivity contribution in [1.29, 1.82) is 0 Å². The number of fused-ring (bicyclic) bond motifs is 1. The van der Waals surface area contributed by atoms with Gasteiger partial charge in [0, 0.05) is 19.6 Å². The smallest absolute Gasteiger partial charge is 0.152 e. The molecular formula is C13H18N4O2S2. The van der Waals surface area contributed by atoms with Crippen molar-refractivity contribution in [2.75, 3.05) is 36.5 Å². The number of anilines is 1. The average molecular weight is 326 g/mol. The lowest BCUT2D eigenvalue weighted by Gasteiger charge is -2.25. The van der Waals surface area contributed by atoms with Crippen LogP contribution in [0.3, 0.4) is 0 Å². The number of thiophene rings is 1. The van der Waals surface area contributed by atoms with E-state index in [0.717, 1.165) is 28.4 Å². The molecule has 0 aromatic carbocycles. The monoisotopic (exact) mass is 326 g/mol. The summed E-state index contributed by atoms with van der Waals surface area (Å²) in [6.07, 6.45) is 0. The topological polar surface area (TPSA) is 75.2 Å². The molecule has 0 amide bonds. The third-order valence-corrected chi connectivity index (χ3v) is 5.93. The lowest BCUT2D eigenvalue weighted by Crippen LogP contribution is -2.40. The second kappa shape index (κ2) is 5.86. The van der Waals surface area contributed by atoms with Crippen LogP contribution in [0.2, 0.25) is 0 Å². The number of rotatable bonds is 4. The molecule has 21 heavy (non-hydrogen) atoms. The summed E-state index contributed by atoms with van der Waals surface area (Å²) < 4.78 is 22.9. The van der Waals surface area contributed by atoms with Crippen molar-refractivity contribution in [3.63, 3.8) is 0 Å². The van der Waals surface area contributed by atoms with Gasteiger partial charge < -0.3 is 5.32 Å². The second-order valence-electron chi connectivity index (χ2n) is 5.09. The van der Waals surface area contributed by atoms with Crippen LogP contribution in [0.4, 0.5) is 5.82 Å². The van der Waals surface area contributed by atoms with Gasteiger partial charge in [-0.2, -0.15) is 0 Å². The Morgan fingerprint density at radius 1 is 1.33 bits per heavy atom. The van der Waals surface area contributed by atoms with E-state index in [1.165, 1.54) is 0 Å². The molecule has 2 aromatic heterocycles. The summed E-state index contributed by atoms with van der Waals surface area (Å²) in [5.41, 5.74) is 0. The van der Waals surface area contributed by atoms with Crippen molar-refractivity contribution in [3.8, 4) is 0 Å². The SMILES string of the molecule is CCNc1nc(CN2CCS(=O)(=O)CC2)nc2sccc12. The highest BCUT2D eigenvalue weighted by molar-refractivity contribution is 7.91. The van der Waals surface area contributed by atoms with E-state index in [2.05, 4.69) is 20.2 Å². The van der Waals surface area contributed by atoms with E-state index in [1.807, 2.05) is 18.4 Å². The molecule has 8 heteroatoms. The molecule has 0 spiro atoms. The maximum Gasteiger partial charge on any atom is 0.152 e. The first-order valence-electron chi connectivity index (χ1n) is 6.98. The number of sulfone groups is 1. The Bertz CT molecular complexity index is 728. The molecule has 0 radical (unpaired) electrons. The van der Waals surface area contributed by atoms with Crippen LogP contribution in [-0.4, -0.2) is 54.4 Å². The zero-order valence-electron chi connectivity index (χ0n) is 11.9. The summed E-state index contributed by atoms with van der Waals surface area (Å²) in [4.78, 5) is 12.2. The van der Waals surface area contributed by atoms with Crippen molar-refractivity contribution in [2.24, 2.45) is 0 Å². The third-order valence-electron chi connectivity index (χ3n) is 3.52. The summed E-state index contributed by atoms with van der Waals surface area (Å²) in [7, 11) is -2.84. The van der Waals surface area contributed by atoms with Crippen molar-refractivity contribution >= 4 is 37.2 Å².